The number of hydrogen-bond donors (Lipinski definition) is 1. The third kappa shape index (κ3) is 6.55. The van der Waals surface area contributed by atoms with E-state index in [2.05, 4.69) is 47.0 Å². The number of ketones is 1. The molecule has 0 spiro atoms. The molecule has 1 N–H and O–H groups in total. The summed E-state index contributed by atoms with van der Waals surface area (Å²) in [5.74, 6) is -1.30. The smallest absolute Gasteiger partial charge is 0.303 e. The van der Waals surface area contributed by atoms with Crippen molar-refractivity contribution in [2.75, 3.05) is 0 Å². The minimum absolute atomic E-state index is 0.000425. The van der Waals surface area contributed by atoms with E-state index in [4.69, 9.17) is 9.53 Å². The van der Waals surface area contributed by atoms with Crippen molar-refractivity contribution in [1.82, 2.24) is 0 Å². The fourth-order valence-corrected chi connectivity index (χ4v) is 3.75. The first-order valence-corrected chi connectivity index (χ1v) is 11.7. The molecule has 144 valence electrons. The van der Waals surface area contributed by atoms with Gasteiger partial charge in [0.05, 0.1) is 6.10 Å². The van der Waals surface area contributed by atoms with Crippen LogP contribution in [0.3, 0.4) is 0 Å². The molecule has 0 aromatic carbocycles. The largest absolute Gasteiger partial charge is 0.481 e. The number of carbonyl (C=O) groups is 2. The number of aliphatic carboxylic acids is 1. The van der Waals surface area contributed by atoms with Crippen LogP contribution in [0.25, 0.3) is 0 Å². The van der Waals surface area contributed by atoms with Gasteiger partial charge in [-0.15, -0.1) is 0 Å². The first kappa shape index (κ1) is 23.8. The van der Waals surface area contributed by atoms with Gasteiger partial charge in [-0.1, -0.05) is 60.8 Å². The highest BCUT2D eigenvalue weighted by Crippen LogP contribution is 2.40. The molecule has 0 saturated heterocycles. The van der Waals surface area contributed by atoms with Gasteiger partial charge in [-0.2, -0.15) is 0 Å². The SMILES string of the molecule is C=CC(=C)[C@H](O[Si](C)(C)C(C)(C)C)C(C)C(=O)C(C)(C)CCC(=O)O. The standard InChI is InChI=1S/C20H36O4Si/c1-11-14(2)17(24-25(9,10)19(4,5)6)15(3)18(23)20(7,8)13-12-16(21)22/h11,15,17H,1-2,12-13H2,3-10H3,(H,21,22)/t15?,17-/m0/s1. The van der Waals surface area contributed by atoms with E-state index in [1.54, 1.807) is 19.9 Å². The molecule has 0 heterocycles. The number of hydrogen-bond acceptors (Lipinski definition) is 3. The van der Waals surface area contributed by atoms with Crippen LogP contribution in [0.4, 0.5) is 0 Å². The van der Waals surface area contributed by atoms with Crippen molar-refractivity contribution in [3.63, 3.8) is 0 Å². The number of carboxylic acids is 1. The van der Waals surface area contributed by atoms with Gasteiger partial charge in [-0.05, 0) is 30.1 Å². The molecular weight excluding hydrogens is 332 g/mol. The number of carboxylic acid groups (broad SMARTS) is 1. The molecule has 0 fully saturated rings. The van der Waals surface area contributed by atoms with Crippen LogP contribution >= 0.6 is 0 Å². The molecular formula is C20H36O4Si. The van der Waals surface area contributed by atoms with E-state index in [1.165, 1.54) is 0 Å². The summed E-state index contributed by atoms with van der Waals surface area (Å²) in [7, 11) is -2.11. The number of rotatable bonds is 10. The van der Waals surface area contributed by atoms with Gasteiger partial charge in [0.1, 0.15) is 5.78 Å². The fraction of sp³-hybridized carbons (Fsp3) is 0.700. The molecule has 0 aliphatic rings. The lowest BCUT2D eigenvalue weighted by Crippen LogP contribution is -2.48. The summed E-state index contributed by atoms with van der Waals surface area (Å²) >= 11 is 0. The zero-order chi connectivity index (χ0) is 20.2. The van der Waals surface area contributed by atoms with Crippen LogP contribution in [0.1, 0.15) is 54.4 Å². The van der Waals surface area contributed by atoms with Gasteiger partial charge in [-0.3, -0.25) is 9.59 Å². The molecule has 2 atom stereocenters. The Hall–Kier alpha value is -1.20. The average Bonchev–Trinajstić information content (AvgIpc) is 2.47. The minimum atomic E-state index is -2.11. The fourth-order valence-electron chi connectivity index (χ4n) is 2.41. The molecule has 0 amide bonds. The van der Waals surface area contributed by atoms with Crippen LogP contribution in [0.5, 0.6) is 0 Å². The van der Waals surface area contributed by atoms with Gasteiger partial charge in [-0.25, -0.2) is 0 Å². The maximum atomic E-state index is 13.0. The molecule has 0 saturated carbocycles. The molecule has 0 aliphatic heterocycles. The first-order chi connectivity index (χ1) is 11.1. The first-order valence-electron chi connectivity index (χ1n) is 8.82. The van der Waals surface area contributed by atoms with E-state index in [1.807, 2.05) is 6.92 Å². The Morgan fingerprint density at radius 3 is 2.04 bits per heavy atom. The Kier molecular flexibility index (Phi) is 8.05. The lowest BCUT2D eigenvalue weighted by atomic mass is 9.76. The van der Waals surface area contributed by atoms with Crippen LogP contribution < -0.4 is 0 Å². The summed E-state index contributed by atoms with van der Waals surface area (Å²) < 4.78 is 6.49. The summed E-state index contributed by atoms with van der Waals surface area (Å²) in [6.45, 7) is 24.0. The van der Waals surface area contributed by atoms with E-state index >= 15 is 0 Å². The lowest BCUT2D eigenvalue weighted by molar-refractivity contribution is -0.139. The Morgan fingerprint density at radius 1 is 1.20 bits per heavy atom. The van der Waals surface area contributed by atoms with E-state index < -0.39 is 31.7 Å². The molecule has 0 aromatic rings. The molecule has 0 rings (SSSR count). The minimum Gasteiger partial charge on any atom is -0.481 e. The molecule has 0 radical (unpaired) electrons. The maximum absolute atomic E-state index is 13.0. The predicted molar refractivity (Wildman–Crippen MR) is 106 cm³/mol. The molecule has 1 unspecified atom stereocenters. The van der Waals surface area contributed by atoms with Crippen LogP contribution in [0.15, 0.2) is 24.8 Å². The van der Waals surface area contributed by atoms with Crippen LogP contribution in [-0.2, 0) is 14.0 Å². The zero-order valence-corrected chi connectivity index (χ0v) is 18.2. The summed E-state index contributed by atoms with van der Waals surface area (Å²) in [4.78, 5) is 23.9. The third-order valence-corrected chi connectivity index (χ3v) is 9.81. The second-order valence-electron chi connectivity index (χ2n) is 9.01. The van der Waals surface area contributed by atoms with E-state index in [-0.39, 0.29) is 17.2 Å². The molecule has 0 bridgehead atoms. The van der Waals surface area contributed by atoms with E-state index in [0.717, 1.165) is 0 Å². The highest BCUT2D eigenvalue weighted by molar-refractivity contribution is 6.74. The highest BCUT2D eigenvalue weighted by atomic mass is 28.4. The van der Waals surface area contributed by atoms with Gasteiger partial charge < -0.3 is 9.53 Å². The number of carbonyl (C=O) groups excluding carboxylic acids is 1. The summed E-state index contributed by atoms with van der Waals surface area (Å²) in [5, 5.41) is 8.93. The van der Waals surface area contributed by atoms with Crippen molar-refractivity contribution in [2.24, 2.45) is 11.3 Å². The van der Waals surface area contributed by atoms with Crippen LogP contribution in [0.2, 0.25) is 18.1 Å². The van der Waals surface area contributed by atoms with Crippen molar-refractivity contribution < 1.29 is 19.1 Å². The van der Waals surface area contributed by atoms with Gasteiger partial charge in [0.2, 0.25) is 0 Å². The quantitative estimate of drug-likeness (QED) is 0.424. The second kappa shape index (κ2) is 8.45. The van der Waals surface area contributed by atoms with Crippen molar-refractivity contribution in [3.8, 4) is 0 Å². The van der Waals surface area contributed by atoms with Gasteiger partial charge in [0.15, 0.2) is 8.32 Å². The summed E-state index contributed by atoms with van der Waals surface area (Å²) in [6, 6.07) is 0. The van der Waals surface area contributed by atoms with E-state index in [0.29, 0.717) is 12.0 Å². The van der Waals surface area contributed by atoms with Crippen LogP contribution in [-0.4, -0.2) is 31.3 Å². The predicted octanol–water partition coefficient (Wildman–Crippen LogP) is 5.22. The average molecular weight is 369 g/mol. The van der Waals surface area contributed by atoms with Crippen molar-refractivity contribution in [1.29, 1.82) is 0 Å². The number of Topliss-reactive ketones (excluding diaryl/α,β-unsaturated/α-hetero) is 1. The van der Waals surface area contributed by atoms with Crippen molar-refractivity contribution >= 4 is 20.1 Å². The van der Waals surface area contributed by atoms with Crippen molar-refractivity contribution in [3.05, 3.63) is 24.8 Å². The lowest BCUT2D eigenvalue weighted by Gasteiger charge is -2.42. The monoisotopic (exact) mass is 368 g/mol. The highest BCUT2D eigenvalue weighted by Gasteiger charge is 2.43. The van der Waals surface area contributed by atoms with Crippen LogP contribution in [0, 0.1) is 11.3 Å². The Balaban J connectivity index is 5.54. The summed E-state index contributed by atoms with van der Waals surface area (Å²) in [6.07, 6.45) is 1.49. The van der Waals surface area contributed by atoms with Crippen molar-refractivity contribution in [2.45, 2.75) is 78.6 Å². The maximum Gasteiger partial charge on any atom is 0.303 e. The van der Waals surface area contributed by atoms with Gasteiger partial charge in [0, 0.05) is 17.8 Å². The molecule has 25 heavy (non-hydrogen) atoms. The normalized spacial score (nSPS) is 15.4. The zero-order valence-electron chi connectivity index (χ0n) is 17.2. The Morgan fingerprint density at radius 2 is 1.68 bits per heavy atom. The second-order valence-corrected chi connectivity index (χ2v) is 13.8. The Labute approximate surface area is 154 Å². The third-order valence-electron chi connectivity index (χ3n) is 5.35. The van der Waals surface area contributed by atoms with E-state index in [9.17, 15) is 9.59 Å². The molecule has 5 heteroatoms. The van der Waals surface area contributed by atoms with Gasteiger partial charge >= 0.3 is 5.97 Å². The topological polar surface area (TPSA) is 63.6 Å². The Bertz CT molecular complexity index is 526. The molecule has 0 aromatic heterocycles. The summed E-state index contributed by atoms with van der Waals surface area (Å²) in [5.41, 5.74) is -0.0337. The molecule has 0 aliphatic carbocycles. The molecule has 4 nitrogen and oxygen atoms in total. The van der Waals surface area contributed by atoms with Gasteiger partial charge in [0.25, 0.3) is 0 Å².